The monoisotopic (exact) mass is 297 g/mol. The maximum absolute atomic E-state index is 12.6. The molecule has 0 radical (unpaired) electrons. The molecule has 20 heavy (non-hydrogen) atoms. The molecule has 8 heteroatoms. The molecule has 1 atom stereocenters. The molecular formula is C12H15N3O4S. The number of nitrogens with two attached hydrogens (primary N) is 1. The van der Waals surface area contributed by atoms with Crippen LogP contribution >= 0.6 is 0 Å². The van der Waals surface area contributed by atoms with Gasteiger partial charge in [0, 0.05) is 12.2 Å². The topological polar surface area (TPSA) is 117 Å². The van der Waals surface area contributed by atoms with E-state index in [0.717, 1.165) is 0 Å². The molecule has 1 fully saturated rings. The van der Waals surface area contributed by atoms with Crippen LogP contribution in [0, 0.1) is 11.3 Å². The van der Waals surface area contributed by atoms with Gasteiger partial charge < -0.3 is 15.6 Å². The van der Waals surface area contributed by atoms with E-state index in [1.165, 1.54) is 22.5 Å². The molecule has 0 aliphatic carbocycles. The number of morpholine rings is 1. The van der Waals surface area contributed by atoms with Crippen LogP contribution in [0.2, 0.25) is 0 Å². The molecule has 1 aromatic rings. The van der Waals surface area contributed by atoms with Crippen molar-refractivity contribution in [3.05, 3.63) is 23.8 Å². The first-order chi connectivity index (χ1) is 9.50. The largest absolute Gasteiger partial charge is 0.399 e. The van der Waals surface area contributed by atoms with Crippen LogP contribution in [0.4, 0.5) is 5.69 Å². The number of ether oxygens (including phenoxy) is 1. The van der Waals surface area contributed by atoms with Gasteiger partial charge >= 0.3 is 0 Å². The summed E-state index contributed by atoms with van der Waals surface area (Å²) in [5.74, 6) is 0. The summed E-state index contributed by atoms with van der Waals surface area (Å²) in [5.41, 5.74) is 5.87. The Hall–Kier alpha value is -1.66. The van der Waals surface area contributed by atoms with Crippen LogP contribution in [0.5, 0.6) is 0 Å². The number of anilines is 1. The minimum absolute atomic E-state index is 0.00631. The fourth-order valence-electron chi connectivity index (χ4n) is 2.09. The van der Waals surface area contributed by atoms with Crippen LogP contribution in [0.15, 0.2) is 23.1 Å². The van der Waals surface area contributed by atoms with E-state index in [2.05, 4.69) is 0 Å². The summed E-state index contributed by atoms with van der Waals surface area (Å²) < 4.78 is 31.6. The van der Waals surface area contributed by atoms with Gasteiger partial charge in [0.1, 0.15) is 11.0 Å². The van der Waals surface area contributed by atoms with E-state index in [9.17, 15) is 13.5 Å². The third-order valence-electron chi connectivity index (χ3n) is 3.09. The van der Waals surface area contributed by atoms with Crippen molar-refractivity contribution >= 4 is 15.7 Å². The zero-order chi connectivity index (χ0) is 14.8. The summed E-state index contributed by atoms with van der Waals surface area (Å²) in [6, 6.07) is 5.26. The van der Waals surface area contributed by atoms with Crippen LogP contribution < -0.4 is 5.73 Å². The number of sulfonamides is 1. The van der Waals surface area contributed by atoms with Crippen LogP contribution in [0.1, 0.15) is 5.56 Å². The van der Waals surface area contributed by atoms with Gasteiger partial charge in [-0.3, -0.25) is 0 Å². The third kappa shape index (κ3) is 2.62. The molecule has 7 nitrogen and oxygen atoms in total. The molecule has 1 unspecified atom stereocenters. The molecule has 0 bridgehead atoms. The lowest BCUT2D eigenvalue weighted by atomic mass is 10.2. The summed E-state index contributed by atoms with van der Waals surface area (Å²) in [7, 11) is -3.87. The zero-order valence-corrected chi connectivity index (χ0v) is 11.5. The highest BCUT2D eigenvalue weighted by Gasteiger charge is 2.35. The van der Waals surface area contributed by atoms with Crippen molar-refractivity contribution in [2.75, 3.05) is 32.1 Å². The van der Waals surface area contributed by atoms with Crippen molar-refractivity contribution in [1.82, 2.24) is 4.31 Å². The third-order valence-corrected chi connectivity index (χ3v) is 5.10. The molecule has 0 saturated carbocycles. The van der Waals surface area contributed by atoms with Gasteiger partial charge in [0.25, 0.3) is 0 Å². The van der Waals surface area contributed by atoms with Gasteiger partial charge in [-0.25, -0.2) is 8.42 Å². The zero-order valence-electron chi connectivity index (χ0n) is 10.7. The first-order valence-corrected chi connectivity index (χ1v) is 7.44. The Labute approximate surface area is 117 Å². The van der Waals surface area contributed by atoms with E-state index in [0.29, 0.717) is 5.69 Å². The number of aliphatic hydroxyl groups is 1. The van der Waals surface area contributed by atoms with E-state index in [-0.39, 0.29) is 36.8 Å². The van der Waals surface area contributed by atoms with Gasteiger partial charge in [-0.1, -0.05) is 0 Å². The molecule has 1 aromatic carbocycles. The molecule has 1 saturated heterocycles. The fraction of sp³-hybridized carbons (Fsp3) is 0.417. The van der Waals surface area contributed by atoms with Gasteiger partial charge in [-0.15, -0.1) is 0 Å². The normalized spacial score (nSPS) is 20.5. The van der Waals surface area contributed by atoms with Gasteiger partial charge in [0.05, 0.1) is 31.4 Å². The van der Waals surface area contributed by atoms with E-state index in [1.807, 2.05) is 6.07 Å². The number of benzene rings is 1. The lowest BCUT2D eigenvalue weighted by Gasteiger charge is -2.33. The number of rotatable bonds is 3. The predicted octanol–water partition coefficient (Wildman–Crippen LogP) is -0.478. The Balaban J connectivity index is 2.47. The highest BCUT2D eigenvalue weighted by atomic mass is 32.2. The van der Waals surface area contributed by atoms with Gasteiger partial charge in [0.2, 0.25) is 10.0 Å². The minimum Gasteiger partial charge on any atom is -0.399 e. The second-order valence-corrected chi connectivity index (χ2v) is 6.25. The molecule has 1 heterocycles. The van der Waals surface area contributed by atoms with Crippen molar-refractivity contribution in [2.45, 2.75) is 10.9 Å². The molecule has 1 aliphatic rings. The van der Waals surface area contributed by atoms with Crippen LogP contribution in [0.3, 0.4) is 0 Å². The Kier molecular flexibility index (Phi) is 4.25. The van der Waals surface area contributed by atoms with Crippen molar-refractivity contribution < 1.29 is 18.3 Å². The first-order valence-electron chi connectivity index (χ1n) is 6.00. The number of hydrogen-bond donors (Lipinski definition) is 2. The first kappa shape index (κ1) is 14.7. The average molecular weight is 297 g/mol. The summed E-state index contributed by atoms with van der Waals surface area (Å²) >= 11 is 0. The Morgan fingerprint density at radius 1 is 1.55 bits per heavy atom. The summed E-state index contributed by atoms with van der Waals surface area (Å²) in [6.07, 6.45) is 0. The number of nitrogen functional groups attached to an aromatic ring is 1. The summed E-state index contributed by atoms with van der Waals surface area (Å²) in [5, 5.41) is 18.3. The second-order valence-electron chi connectivity index (χ2n) is 4.39. The number of nitrogens with zero attached hydrogens (tertiary/aromatic N) is 2. The maximum atomic E-state index is 12.6. The van der Waals surface area contributed by atoms with Gasteiger partial charge in [-0.2, -0.15) is 9.57 Å². The molecule has 0 aromatic heterocycles. The Morgan fingerprint density at radius 3 is 2.95 bits per heavy atom. The van der Waals surface area contributed by atoms with Crippen molar-refractivity contribution in [3.63, 3.8) is 0 Å². The Bertz CT molecular complexity index is 639. The number of hydrogen-bond acceptors (Lipinski definition) is 6. The van der Waals surface area contributed by atoms with Gasteiger partial charge in [-0.05, 0) is 18.2 Å². The quantitative estimate of drug-likeness (QED) is 0.728. The van der Waals surface area contributed by atoms with E-state index in [4.69, 9.17) is 15.7 Å². The maximum Gasteiger partial charge on any atom is 0.244 e. The van der Waals surface area contributed by atoms with Gasteiger partial charge in [0.15, 0.2) is 0 Å². The number of nitriles is 1. The number of aliphatic hydroxyl groups excluding tert-OH is 1. The standard InChI is InChI=1S/C12H15N3O4S/c13-6-9-5-10(14)1-2-12(9)20(17,18)15-3-4-19-8-11(15)7-16/h1-2,5,11,16H,3-4,7-8,14H2. The van der Waals surface area contributed by atoms with Crippen LogP contribution in [-0.4, -0.2) is 50.2 Å². The molecule has 108 valence electrons. The SMILES string of the molecule is N#Cc1cc(N)ccc1S(=O)(=O)N1CCOCC1CO. The molecule has 0 spiro atoms. The molecule has 3 N–H and O–H groups in total. The summed E-state index contributed by atoms with van der Waals surface area (Å²) in [6.45, 7) is 0.193. The van der Waals surface area contributed by atoms with Crippen molar-refractivity contribution in [3.8, 4) is 6.07 Å². The lowest BCUT2D eigenvalue weighted by Crippen LogP contribution is -2.50. The molecule has 2 rings (SSSR count). The second kappa shape index (κ2) is 5.76. The van der Waals surface area contributed by atoms with E-state index < -0.39 is 16.1 Å². The minimum atomic E-state index is -3.87. The smallest absolute Gasteiger partial charge is 0.244 e. The highest BCUT2D eigenvalue weighted by molar-refractivity contribution is 7.89. The lowest BCUT2D eigenvalue weighted by molar-refractivity contribution is 0.0109. The Morgan fingerprint density at radius 2 is 2.30 bits per heavy atom. The molecular weight excluding hydrogens is 282 g/mol. The van der Waals surface area contributed by atoms with E-state index in [1.54, 1.807) is 0 Å². The highest BCUT2D eigenvalue weighted by Crippen LogP contribution is 2.24. The van der Waals surface area contributed by atoms with Crippen molar-refractivity contribution in [2.24, 2.45) is 0 Å². The van der Waals surface area contributed by atoms with E-state index >= 15 is 0 Å². The van der Waals surface area contributed by atoms with Crippen molar-refractivity contribution in [1.29, 1.82) is 5.26 Å². The van der Waals surface area contributed by atoms with Crippen LogP contribution in [0.25, 0.3) is 0 Å². The fourth-order valence-corrected chi connectivity index (χ4v) is 3.80. The molecule has 1 aliphatic heterocycles. The van der Waals surface area contributed by atoms with Crippen LogP contribution in [-0.2, 0) is 14.8 Å². The molecule has 0 amide bonds. The average Bonchev–Trinajstić information content (AvgIpc) is 2.46. The summed E-state index contributed by atoms with van der Waals surface area (Å²) in [4.78, 5) is -0.102. The predicted molar refractivity (Wildman–Crippen MR) is 71.2 cm³/mol.